The molecule has 0 unspecified atom stereocenters. The van der Waals surface area contributed by atoms with E-state index in [1.807, 2.05) is 12.1 Å². The summed E-state index contributed by atoms with van der Waals surface area (Å²) in [6, 6.07) is 14.1. The summed E-state index contributed by atoms with van der Waals surface area (Å²) in [7, 11) is 1.34. The molecule has 4 heteroatoms. The Labute approximate surface area is 104 Å². The molecule has 0 N–H and O–H groups in total. The van der Waals surface area contributed by atoms with E-state index in [2.05, 4.69) is 9.72 Å². The van der Waals surface area contributed by atoms with Crippen molar-refractivity contribution in [3.8, 4) is 17.3 Å². The molecule has 1 aromatic carbocycles. The van der Waals surface area contributed by atoms with Gasteiger partial charge in [0.25, 0.3) is 0 Å². The first-order valence-corrected chi connectivity index (χ1v) is 5.30. The van der Waals surface area contributed by atoms with Crippen LogP contribution in [0.5, 0.6) is 0 Å². The number of methoxy groups -OCH3 is 1. The van der Waals surface area contributed by atoms with Crippen LogP contribution in [0.25, 0.3) is 11.3 Å². The van der Waals surface area contributed by atoms with Crippen LogP contribution in [-0.4, -0.2) is 18.1 Å². The maximum Gasteiger partial charge on any atom is 0.337 e. The van der Waals surface area contributed by atoms with Gasteiger partial charge in [0.1, 0.15) is 11.8 Å². The number of ether oxygens (including phenoxy) is 1. The van der Waals surface area contributed by atoms with E-state index in [-0.39, 0.29) is 5.97 Å². The molecule has 0 saturated heterocycles. The Morgan fingerprint density at radius 1 is 1.22 bits per heavy atom. The van der Waals surface area contributed by atoms with E-state index in [1.165, 1.54) is 7.11 Å². The molecule has 0 aliphatic carbocycles. The quantitative estimate of drug-likeness (QED) is 0.753. The molecule has 1 heterocycles. The first kappa shape index (κ1) is 11.8. The molecule has 0 radical (unpaired) electrons. The topological polar surface area (TPSA) is 63.0 Å². The second kappa shape index (κ2) is 5.11. The Morgan fingerprint density at radius 3 is 2.56 bits per heavy atom. The number of benzene rings is 1. The fourth-order valence-corrected chi connectivity index (χ4v) is 1.55. The number of rotatable bonds is 2. The average molecular weight is 238 g/mol. The van der Waals surface area contributed by atoms with Gasteiger partial charge < -0.3 is 4.74 Å². The Hall–Kier alpha value is -2.67. The van der Waals surface area contributed by atoms with Gasteiger partial charge in [-0.15, -0.1) is 0 Å². The number of nitriles is 1. The summed E-state index contributed by atoms with van der Waals surface area (Å²) in [4.78, 5) is 15.5. The fourth-order valence-electron chi connectivity index (χ4n) is 1.55. The van der Waals surface area contributed by atoms with Crippen molar-refractivity contribution in [1.29, 1.82) is 5.26 Å². The third kappa shape index (κ3) is 2.36. The zero-order valence-electron chi connectivity index (χ0n) is 9.75. The molecule has 2 aromatic rings. The highest BCUT2D eigenvalue weighted by Crippen LogP contribution is 2.18. The minimum Gasteiger partial charge on any atom is -0.465 e. The highest BCUT2D eigenvalue weighted by molar-refractivity contribution is 5.89. The second-order valence-corrected chi connectivity index (χ2v) is 3.59. The molecule has 0 bridgehead atoms. The molecule has 0 spiro atoms. The molecular weight excluding hydrogens is 228 g/mol. The zero-order chi connectivity index (χ0) is 13.0. The van der Waals surface area contributed by atoms with Crippen molar-refractivity contribution in [2.24, 2.45) is 0 Å². The van der Waals surface area contributed by atoms with Gasteiger partial charge in [0, 0.05) is 5.56 Å². The molecule has 0 aliphatic rings. The van der Waals surface area contributed by atoms with E-state index in [9.17, 15) is 4.79 Å². The Bertz CT molecular complexity index is 612. The number of hydrogen-bond donors (Lipinski definition) is 0. The molecule has 0 amide bonds. The molecule has 4 nitrogen and oxygen atoms in total. The lowest BCUT2D eigenvalue weighted by Gasteiger charge is -2.03. The van der Waals surface area contributed by atoms with Gasteiger partial charge in [-0.05, 0) is 24.3 Å². The Kier molecular flexibility index (Phi) is 3.35. The lowest BCUT2D eigenvalue weighted by atomic mass is 10.1. The van der Waals surface area contributed by atoms with Crippen molar-refractivity contribution < 1.29 is 9.53 Å². The monoisotopic (exact) mass is 238 g/mol. The fraction of sp³-hybridized carbons (Fsp3) is 0.0714. The van der Waals surface area contributed by atoms with Crippen LogP contribution in [0.15, 0.2) is 42.5 Å². The van der Waals surface area contributed by atoms with Crippen LogP contribution in [-0.2, 0) is 4.74 Å². The molecule has 88 valence electrons. The van der Waals surface area contributed by atoms with Gasteiger partial charge in [0.2, 0.25) is 0 Å². The summed E-state index contributed by atoms with van der Waals surface area (Å²) in [6.45, 7) is 0. The molecule has 1 aromatic heterocycles. The normalized spacial score (nSPS) is 9.56. The molecular formula is C14H10N2O2. The standard InChI is InChI=1S/C14H10N2O2/c1-18-14(17)11-7-5-10(6-8-11)13-4-2-3-12(9-15)16-13/h2-8H,1H3. The lowest BCUT2D eigenvalue weighted by Crippen LogP contribution is -2.00. The van der Waals surface area contributed by atoms with Gasteiger partial charge in [0.15, 0.2) is 0 Å². The minimum atomic E-state index is -0.375. The molecule has 18 heavy (non-hydrogen) atoms. The van der Waals surface area contributed by atoms with Crippen molar-refractivity contribution in [3.63, 3.8) is 0 Å². The van der Waals surface area contributed by atoms with Gasteiger partial charge in [0.05, 0.1) is 18.4 Å². The Morgan fingerprint density at radius 2 is 1.94 bits per heavy atom. The summed E-state index contributed by atoms with van der Waals surface area (Å²) < 4.78 is 4.62. The molecule has 2 rings (SSSR count). The second-order valence-electron chi connectivity index (χ2n) is 3.59. The number of esters is 1. The van der Waals surface area contributed by atoms with E-state index >= 15 is 0 Å². The maximum absolute atomic E-state index is 11.3. The summed E-state index contributed by atoms with van der Waals surface area (Å²) in [5, 5.41) is 8.78. The number of carbonyl (C=O) groups is 1. The van der Waals surface area contributed by atoms with Crippen LogP contribution in [0.1, 0.15) is 16.1 Å². The van der Waals surface area contributed by atoms with Crippen molar-refractivity contribution in [2.75, 3.05) is 7.11 Å². The maximum atomic E-state index is 11.3. The third-order valence-electron chi connectivity index (χ3n) is 2.47. The average Bonchev–Trinajstić information content (AvgIpc) is 2.46. The first-order valence-electron chi connectivity index (χ1n) is 5.30. The Balaban J connectivity index is 2.34. The highest BCUT2D eigenvalue weighted by atomic mass is 16.5. The van der Waals surface area contributed by atoms with Gasteiger partial charge in [-0.25, -0.2) is 9.78 Å². The van der Waals surface area contributed by atoms with Crippen LogP contribution in [0.3, 0.4) is 0 Å². The van der Waals surface area contributed by atoms with Gasteiger partial charge >= 0.3 is 5.97 Å². The van der Waals surface area contributed by atoms with Crippen LogP contribution >= 0.6 is 0 Å². The first-order chi connectivity index (χ1) is 8.74. The third-order valence-corrected chi connectivity index (χ3v) is 2.47. The van der Waals surface area contributed by atoms with E-state index in [1.54, 1.807) is 36.4 Å². The zero-order valence-corrected chi connectivity index (χ0v) is 9.75. The van der Waals surface area contributed by atoms with Crippen LogP contribution in [0.2, 0.25) is 0 Å². The van der Waals surface area contributed by atoms with E-state index in [4.69, 9.17) is 5.26 Å². The van der Waals surface area contributed by atoms with Crippen molar-refractivity contribution >= 4 is 5.97 Å². The number of hydrogen-bond acceptors (Lipinski definition) is 4. The number of pyridine rings is 1. The van der Waals surface area contributed by atoms with Crippen LogP contribution < -0.4 is 0 Å². The number of aromatic nitrogens is 1. The van der Waals surface area contributed by atoms with E-state index < -0.39 is 0 Å². The van der Waals surface area contributed by atoms with Crippen LogP contribution in [0, 0.1) is 11.3 Å². The lowest BCUT2D eigenvalue weighted by molar-refractivity contribution is 0.0601. The summed E-state index contributed by atoms with van der Waals surface area (Å²) in [6.07, 6.45) is 0. The summed E-state index contributed by atoms with van der Waals surface area (Å²) >= 11 is 0. The molecule has 0 fully saturated rings. The molecule has 0 atom stereocenters. The van der Waals surface area contributed by atoms with Crippen LogP contribution in [0.4, 0.5) is 0 Å². The van der Waals surface area contributed by atoms with E-state index in [0.717, 1.165) is 5.56 Å². The van der Waals surface area contributed by atoms with Gasteiger partial charge in [-0.3, -0.25) is 0 Å². The molecule has 0 saturated carbocycles. The van der Waals surface area contributed by atoms with Crippen molar-refractivity contribution in [2.45, 2.75) is 0 Å². The predicted molar refractivity (Wildman–Crippen MR) is 65.7 cm³/mol. The summed E-state index contributed by atoms with van der Waals surface area (Å²) in [5.74, 6) is -0.375. The smallest absolute Gasteiger partial charge is 0.337 e. The van der Waals surface area contributed by atoms with E-state index in [0.29, 0.717) is 17.0 Å². The van der Waals surface area contributed by atoms with Crippen molar-refractivity contribution in [1.82, 2.24) is 4.98 Å². The van der Waals surface area contributed by atoms with Gasteiger partial charge in [-0.1, -0.05) is 18.2 Å². The number of carbonyl (C=O) groups excluding carboxylic acids is 1. The largest absolute Gasteiger partial charge is 0.465 e. The minimum absolute atomic E-state index is 0.365. The molecule has 0 aliphatic heterocycles. The van der Waals surface area contributed by atoms with Crippen molar-refractivity contribution in [3.05, 3.63) is 53.7 Å². The summed E-state index contributed by atoms with van der Waals surface area (Å²) in [5.41, 5.74) is 2.40. The highest BCUT2D eigenvalue weighted by Gasteiger charge is 2.06. The predicted octanol–water partition coefficient (Wildman–Crippen LogP) is 2.41. The number of nitrogens with zero attached hydrogens (tertiary/aromatic N) is 2. The van der Waals surface area contributed by atoms with Gasteiger partial charge in [-0.2, -0.15) is 5.26 Å². The SMILES string of the molecule is COC(=O)c1ccc(-c2cccc(C#N)n2)cc1.